The van der Waals surface area contributed by atoms with Crippen LogP contribution in [-0.2, 0) is 17.8 Å². The molecule has 3 aliphatic rings. The molecule has 7 nitrogen and oxygen atoms in total. The van der Waals surface area contributed by atoms with Crippen molar-refractivity contribution < 1.29 is 28.9 Å². The predicted octanol–water partition coefficient (Wildman–Crippen LogP) is 3.13. The fourth-order valence-electron chi connectivity index (χ4n) is 5.60. The van der Waals surface area contributed by atoms with Crippen LogP contribution in [0.2, 0.25) is 0 Å². The smallest absolute Gasteiger partial charge is 0.200 e. The lowest BCUT2D eigenvalue weighted by molar-refractivity contribution is -0.107. The molecule has 166 valence electrons. The molecule has 7 heteroatoms. The minimum absolute atomic E-state index is 0.00397. The van der Waals surface area contributed by atoms with E-state index in [0.29, 0.717) is 29.6 Å². The Labute approximate surface area is 180 Å². The van der Waals surface area contributed by atoms with Crippen LogP contribution in [0, 0.1) is 0 Å². The largest absolute Gasteiger partial charge is 0.489 e. The van der Waals surface area contributed by atoms with Crippen LogP contribution in [0.25, 0.3) is 11.0 Å². The summed E-state index contributed by atoms with van der Waals surface area (Å²) in [5.41, 5.74) is -0.0690. The predicted molar refractivity (Wildman–Crippen MR) is 113 cm³/mol. The first-order valence-electron chi connectivity index (χ1n) is 11.2. The number of aliphatic hydroxyl groups excluding tert-OH is 1. The van der Waals surface area contributed by atoms with Crippen molar-refractivity contribution in [2.45, 2.75) is 88.6 Å². The normalized spacial score (nSPS) is 27.7. The highest BCUT2D eigenvalue weighted by atomic mass is 16.5. The van der Waals surface area contributed by atoms with Crippen molar-refractivity contribution in [3.8, 4) is 11.5 Å². The molecule has 2 aliphatic carbocycles. The van der Waals surface area contributed by atoms with E-state index in [1.807, 2.05) is 0 Å². The quantitative estimate of drug-likeness (QED) is 0.705. The molecule has 1 aromatic carbocycles. The summed E-state index contributed by atoms with van der Waals surface area (Å²) in [6, 6.07) is 1.67. The van der Waals surface area contributed by atoms with Crippen molar-refractivity contribution in [2.24, 2.45) is 0 Å². The zero-order valence-corrected chi connectivity index (χ0v) is 17.7. The maximum absolute atomic E-state index is 13.5. The van der Waals surface area contributed by atoms with E-state index in [2.05, 4.69) is 0 Å². The number of aldehydes is 1. The maximum atomic E-state index is 13.5. The minimum Gasteiger partial charge on any atom is -0.489 e. The summed E-state index contributed by atoms with van der Waals surface area (Å²) in [7, 11) is 0. The number of rotatable bonds is 5. The van der Waals surface area contributed by atoms with Crippen molar-refractivity contribution in [1.82, 2.24) is 0 Å². The molecule has 0 amide bonds. The molecular weight excluding hydrogens is 400 g/mol. The lowest BCUT2D eigenvalue weighted by Crippen LogP contribution is -2.47. The molecule has 2 aromatic rings. The standard InChI is InChI=1S/C24H28O7/c1-24(28)9-4-7-15-19-16(31-23(15)24)11-17-20(22(19)29-13-5-2-3-6-13)21(27)14(8-10-25)18(12-26)30-17/h10-11,13,15,23,26,28H,2-9,12H2,1H3. The molecule has 31 heavy (non-hydrogen) atoms. The van der Waals surface area contributed by atoms with Crippen LogP contribution in [0.4, 0.5) is 0 Å². The van der Waals surface area contributed by atoms with E-state index >= 15 is 0 Å². The Morgan fingerprint density at radius 3 is 2.74 bits per heavy atom. The summed E-state index contributed by atoms with van der Waals surface area (Å²) in [6.07, 6.45) is 6.42. The Balaban J connectivity index is 1.77. The highest BCUT2D eigenvalue weighted by Gasteiger charge is 2.50. The van der Waals surface area contributed by atoms with Crippen LogP contribution in [0.5, 0.6) is 11.5 Å². The second-order valence-corrected chi connectivity index (χ2v) is 9.27. The molecule has 2 fully saturated rings. The number of ether oxygens (including phenoxy) is 2. The zero-order chi connectivity index (χ0) is 21.8. The van der Waals surface area contributed by atoms with Gasteiger partial charge in [0.05, 0.1) is 11.7 Å². The first-order chi connectivity index (χ1) is 14.9. The van der Waals surface area contributed by atoms with Gasteiger partial charge in [0.1, 0.15) is 47.2 Å². The molecule has 2 N–H and O–H groups in total. The minimum atomic E-state index is -0.977. The summed E-state index contributed by atoms with van der Waals surface area (Å²) in [5, 5.41) is 21.0. The van der Waals surface area contributed by atoms with Crippen LogP contribution < -0.4 is 14.9 Å². The summed E-state index contributed by atoms with van der Waals surface area (Å²) >= 11 is 0. The number of carbonyl (C=O) groups is 1. The number of hydrogen-bond donors (Lipinski definition) is 2. The van der Waals surface area contributed by atoms with Crippen molar-refractivity contribution in [3.63, 3.8) is 0 Å². The fourth-order valence-corrected chi connectivity index (χ4v) is 5.60. The van der Waals surface area contributed by atoms with Crippen LogP contribution >= 0.6 is 0 Å². The highest BCUT2D eigenvalue weighted by Crippen LogP contribution is 2.54. The van der Waals surface area contributed by atoms with Gasteiger partial charge in [-0.05, 0) is 51.9 Å². The third kappa shape index (κ3) is 3.26. The molecule has 0 saturated heterocycles. The van der Waals surface area contributed by atoms with Crippen LogP contribution in [-0.4, -0.2) is 34.3 Å². The van der Waals surface area contributed by atoms with E-state index in [1.54, 1.807) is 13.0 Å². The topological polar surface area (TPSA) is 106 Å². The van der Waals surface area contributed by atoms with Gasteiger partial charge in [-0.25, -0.2) is 0 Å². The Morgan fingerprint density at radius 1 is 1.26 bits per heavy atom. The first-order valence-corrected chi connectivity index (χ1v) is 11.2. The van der Waals surface area contributed by atoms with Gasteiger partial charge in [0.2, 0.25) is 0 Å². The van der Waals surface area contributed by atoms with Gasteiger partial charge in [-0.15, -0.1) is 0 Å². The van der Waals surface area contributed by atoms with Crippen LogP contribution in [0.3, 0.4) is 0 Å². The Hall–Kier alpha value is -2.38. The maximum Gasteiger partial charge on any atom is 0.200 e. The molecule has 0 bridgehead atoms. The molecule has 0 spiro atoms. The molecule has 1 aromatic heterocycles. The first kappa shape index (κ1) is 20.5. The average Bonchev–Trinajstić information content (AvgIpc) is 3.38. The summed E-state index contributed by atoms with van der Waals surface area (Å²) in [6.45, 7) is 1.31. The third-order valence-electron chi connectivity index (χ3n) is 7.14. The van der Waals surface area contributed by atoms with Crippen LogP contribution in [0.15, 0.2) is 15.3 Å². The van der Waals surface area contributed by atoms with Crippen molar-refractivity contribution in [3.05, 3.63) is 33.2 Å². The summed E-state index contributed by atoms with van der Waals surface area (Å²) < 4.78 is 18.6. The molecule has 2 saturated carbocycles. The van der Waals surface area contributed by atoms with Gasteiger partial charge in [0.15, 0.2) is 5.43 Å². The van der Waals surface area contributed by atoms with E-state index in [0.717, 1.165) is 44.1 Å². The Morgan fingerprint density at radius 2 is 2.03 bits per heavy atom. The van der Waals surface area contributed by atoms with Crippen LogP contribution in [0.1, 0.15) is 74.7 Å². The van der Waals surface area contributed by atoms with E-state index in [4.69, 9.17) is 13.9 Å². The molecule has 3 unspecified atom stereocenters. The fraction of sp³-hybridized carbons (Fsp3) is 0.583. The van der Waals surface area contributed by atoms with Gasteiger partial charge < -0.3 is 28.9 Å². The van der Waals surface area contributed by atoms with Gasteiger partial charge in [-0.1, -0.05) is 0 Å². The van der Waals surface area contributed by atoms with Gasteiger partial charge >= 0.3 is 0 Å². The Bertz CT molecular complexity index is 1080. The molecular formula is C24H28O7. The lowest BCUT2D eigenvalue weighted by Gasteiger charge is -2.37. The monoisotopic (exact) mass is 428 g/mol. The van der Waals surface area contributed by atoms with E-state index < -0.39 is 18.3 Å². The Kier molecular flexibility index (Phi) is 5.06. The van der Waals surface area contributed by atoms with Gasteiger partial charge in [-0.2, -0.15) is 0 Å². The summed E-state index contributed by atoms with van der Waals surface area (Å²) in [5.74, 6) is 1.03. The number of hydrogen-bond acceptors (Lipinski definition) is 7. The lowest BCUT2D eigenvalue weighted by atomic mass is 9.74. The van der Waals surface area contributed by atoms with E-state index in [-0.39, 0.29) is 40.8 Å². The van der Waals surface area contributed by atoms with E-state index in [9.17, 15) is 19.8 Å². The van der Waals surface area contributed by atoms with Crippen molar-refractivity contribution >= 4 is 17.3 Å². The third-order valence-corrected chi connectivity index (χ3v) is 7.14. The second-order valence-electron chi connectivity index (χ2n) is 9.27. The highest BCUT2D eigenvalue weighted by molar-refractivity contribution is 5.89. The van der Waals surface area contributed by atoms with Gasteiger partial charge in [0, 0.05) is 29.5 Å². The molecule has 1 aliphatic heterocycles. The molecule has 3 atom stereocenters. The van der Waals surface area contributed by atoms with Crippen molar-refractivity contribution in [2.75, 3.05) is 0 Å². The average molecular weight is 428 g/mol. The SMILES string of the molecule is CC1(O)CCCC2c3c(cc4oc(CO)c(CC=O)c(=O)c4c3OC3CCCC3)OC21. The molecule has 5 rings (SSSR count). The van der Waals surface area contributed by atoms with Gasteiger partial charge in [-0.3, -0.25) is 4.79 Å². The molecule has 2 heterocycles. The number of aliphatic hydroxyl groups is 2. The van der Waals surface area contributed by atoms with Crippen molar-refractivity contribution in [1.29, 1.82) is 0 Å². The summed E-state index contributed by atoms with van der Waals surface area (Å²) in [4.78, 5) is 24.7. The van der Waals surface area contributed by atoms with E-state index in [1.165, 1.54) is 0 Å². The number of carbonyl (C=O) groups excluding carboxylic acids is 1. The number of benzene rings is 1. The second kappa shape index (κ2) is 7.64. The molecule has 0 radical (unpaired) electrons. The number of fused-ring (bicyclic) bond motifs is 4. The van der Waals surface area contributed by atoms with Gasteiger partial charge in [0.25, 0.3) is 0 Å². The zero-order valence-electron chi connectivity index (χ0n) is 17.7.